The predicted octanol–water partition coefficient (Wildman–Crippen LogP) is 1.29. The average Bonchev–Trinajstić information content (AvgIpc) is 2.45. The summed E-state index contributed by atoms with van der Waals surface area (Å²) in [7, 11) is 0. The minimum atomic E-state index is -0.121. The maximum absolute atomic E-state index is 10.4. The van der Waals surface area contributed by atoms with E-state index in [0.29, 0.717) is 11.1 Å². The molecule has 0 bridgehead atoms. The van der Waals surface area contributed by atoms with Crippen LogP contribution in [0.15, 0.2) is 32.1 Å². The molecule has 1 aromatic carbocycles. The van der Waals surface area contributed by atoms with Gasteiger partial charge in [0.15, 0.2) is 0 Å². The van der Waals surface area contributed by atoms with Crippen molar-refractivity contribution < 1.29 is 19.2 Å². The normalized spacial score (nSPS) is 8.40. The molecule has 8 nitrogen and oxygen atoms in total. The number of carbonyl (C=O) groups excluding carboxylic acids is 4. The summed E-state index contributed by atoms with van der Waals surface area (Å²) < 4.78 is 0. The summed E-state index contributed by atoms with van der Waals surface area (Å²) in [5, 5.41) is 0. The standard InChI is InChI=1S/C12H6N4O4/c17-5-13-3-9-1-11(15-7-19)2-10(4-14-6-18)12(9)16-8-20/h1-2H,3-4H2. The summed E-state index contributed by atoms with van der Waals surface area (Å²) in [5.41, 5.74) is 1.04. The first-order valence-electron chi connectivity index (χ1n) is 5.15. The quantitative estimate of drug-likeness (QED) is 0.571. The number of hydrogen-bond donors (Lipinski definition) is 0. The highest BCUT2D eigenvalue weighted by Gasteiger charge is 2.10. The van der Waals surface area contributed by atoms with Gasteiger partial charge in [-0.1, -0.05) is 0 Å². The molecule has 0 heterocycles. The molecule has 8 heteroatoms. The van der Waals surface area contributed by atoms with E-state index in [1.54, 1.807) is 0 Å². The van der Waals surface area contributed by atoms with Gasteiger partial charge in [-0.3, -0.25) is 0 Å². The minimum Gasteiger partial charge on any atom is -0.211 e. The Bertz CT molecular complexity index is 661. The lowest BCUT2D eigenvalue weighted by molar-refractivity contribution is 0.562. The molecule has 1 rings (SSSR count). The molecule has 0 saturated heterocycles. The van der Waals surface area contributed by atoms with Crippen LogP contribution < -0.4 is 0 Å². The lowest BCUT2D eigenvalue weighted by Crippen LogP contribution is -1.90. The summed E-state index contributed by atoms with van der Waals surface area (Å²) in [6, 6.07) is 2.80. The molecule has 0 aliphatic heterocycles. The molecule has 0 aliphatic carbocycles. The van der Waals surface area contributed by atoms with Gasteiger partial charge in [0, 0.05) is 11.1 Å². The summed E-state index contributed by atoms with van der Waals surface area (Å²) in [5.74, 6) is 0. The molecule has 20 heavy (non-hydrogen) atoms. The first-order valence-corrected chi connectivity index (χ1v) is 5.15. The Morgan fingerprint density at radius 3 is 1.65 bits per heavy atom. The number of benzene rings is 1. The van der Waals surface area contributed by atoms with E-state index in [9.17, 15) is 19.2 Å². The van der Waals surface area contributed by atoms with E-state index in [4.69, 9.17) is 0 Å². The smallest absolute Gasteiger partial charge is 0.211 e. The molecular formula is C12H6N4O4. The lowest BCUT2D eigenvalue weighted by Gasteiger charge is -2.07. The van der Waals surface area contributed by atoms with Crippen LogP contribution >= 0.6 is 0 Å². The van der Waals surface area contributed by atoms with Gasteiger partial charge in [0.2, 0.25) is 24.3 Å². The number of nitrogens with zero attached hydrogens (tertiary/aromatic N) is 4. The highest BCUT2D eigenvalue weighted by Crippen LogP contribution is 2.31. The first-order chi connectivity index (χ1) is 9.76. The Hall–Kier alpha value is -3.26. The molecule has 0 saturated carbocycles. The second kappa shape index (κ2) is 7.95. The highest BCUT2D eigenvalue weighted by atomic mass is 16.1. The molecule has 0 radical (unpaired) electrons. The fourth-order valence-corrected chi connectivity index (χ4v) is 1.52. The monoisotopic (exact) mass is 270 g/mol. The zero-order valence-corrected chi connectivity index (χ0v) is 9.99. The topological polar surface area (TPSA) is 118 Å². The summed E-state index contributed by atoms with van der Waals surface area (Å²) >= 11 is 0. The summed E-state index contributed by atoms with van der Waals surface area (Å²) in [4.78, 5) is 54.7. The van der Waals surface area contributed by atoms with Crippen molar-refractivity contribution in [1.82, 2.24) is 0 Å². The maximum Gasteiger partial charge on any atom is 0.240 e. The molecule has 0 atom stereocenters. The van der Waals surface area contributed by atoms with Crippen molar-refractivity contribution in [2.75, 3.05) is 0 Å². The van der Waals surface area contributed by atoms with Gasteiger partial charge in [0.05, 0.1) is 24.5 Å². The largest absolute Gasteiger partial charge is 0.240 e. The Kier molecular flexibility index (Phi) is 5.88. The molecule has 0 spiro atoms. The van der Waals surface area contributed by atoms with Crippen molar-refractivity contribution >= 4 is 35.7 Å². The first kappa shape index (κ1) is 14.8. The summed E-state index contributed by atoms with van der Waals surface area (Å²) in [6.07, 6.45) is 5.39. The highest BCUT2D eigenvalue weighted by molar-refractivity contribution is 5.65. The average molecular weight is 270 g/mol. The van der Waals surface area contributed by atoms with E-state index in [2.05, 4.69) is 20.0 Å². The van der Waals surface area contributed by atoms with E-state index in [0.717, 1.165) is 0 Å². The van der Waals surface area contributed by atoms with Crippen LogP contribution in [-0.2, 0) is 32.3 Å². The molecule has 0 amide bonds. The predicted molar refractivity (Wildman–Crippen MR) is 65.7 cm³/mol. The van der Waals surface area contributed by atoms with E-state index >= 15 is 0 Å². The van der Waals surface area contributed by atoms with Crippen LogP contribution in [0.1, 0.15) is 11.1 Å². The Balaban J connectivity index is 3.53. The lowest BCUT2D eigenvalue weighted by atomic mass is 10.1. The van der Waals surface area contributed by atoms with Gasteiger partial charge < -0.3 is 0 Å². The van der Waals surface area contributed by atoms with Gasteiger partial charge in [0.25, 0.3) is 0 Å². The van der Waals surface area contributed by atoms with E-state index in [1.165, 1.54) is 36.5 Å². The van der Waals surface area contributed by atoms with E-state index in [-0.39, 0.29) is 24.5 Å². The van der Waals surface area contributed by atoms with Crippen molar-refractivity contribution in [3.8, 4) is 0 Å². The van der Waals surface area contributed by atoms with Crippen molar-refractivity contribution in [3.63, 3.8) is 0 Å². The third-order valence-corrected chi connectivity index (χ3v) is 2.21. The molecule has 0 aromatic heterocycles. The Labute approximate surface area is 112 Å². The van der Waals surface area contributed by atoms with Crippen LogP contribution in [0, 0.1) is 0 Å². The Morgan fingerprint density at radius 2 is 1.25 bits per heavy atom. The molecule has 0 unspecified atom stereocenters. The SMILES string of the molecule is O=C=NCc1cc(N=C=O)cc(CN=C=O)c1N=C=O. The van der Waals surface area contributed by atoms with E-state index in [1.807, 2.05) is 0 Å². The zero-order chi connectivity index (χ0) is 14.8. The van der Waals surface area contributed by atoms with E-state index < -0.39 is 0 Å². The van der Waals surface area contributed by atoms with Crippen LogP contribution in [0.25, 0.3) is 0 Å². The molecule has 0 N–H and O–H groups in total. The maximum atomic E-state index is 10.4. The van der Waals surface area contributed by atoms with Crippen LogP contribution in [0.5, 0.6) is 0 Å². The van der Waals surface area contributed by atoms with Crippen LogP contribution in [-0.4, -0.2) is 24.3 Å². The van der Waals surface area contributed by atoms with Crippen molar-refractivity contribution in [1.29, 1.82) is 0 Å². The van der Waals surface area contributed by atoms with Crippen LogP contribution in [0.4, 0.5) is 11.4 Å². The second-order valence-corrected chi connectivity index (χ2v) is 3.33. The van der Waals surface area contributed by atoms with Gasteiger partial charge in [-0.25, -0.2) is 29.2 Å². The fraction of sp³-hybridized carbons (Fsp3) is 0.167. The van der Waals surface area contributed by atoms with Crippen molar-refractivity contribution in [2.45, 2.75) is 13.1 Å². The molecule has 0 aliphatic rings. The van der Waals surface area contributed by atoms with Crippen molar-refractivity contribution in [3.05, 3.63) is 23.3 Å². The Morgan fingerprint density at radius 1 is 0.750 bits per heavy atom. The van der Waals surface area contributed by atoms with Gasteiger partial charge >= 0.3 is 0 Å². The van der Waals surface area contributed by atoms with Gasteiger partial charge in [-0.05, 0) is 12.1 Å². The molecule has 0 fully saturated rings. The van der Waals surface area contributed by atoms with Gasteiger partial charge in [0.1, 0.15) is 0 Å². The second-order valence-electron chi connectivity index (χ2n) is 3.33. The molecule has 98 valence electrons. The molecular weight excluding hydrogens is 264 g/mol. The van der Waals surface area contributed by atoms with Gasteiger partial charge in [-0.15, -0.1) is 0 Å². The zero-order valence-electron chi connectivity index (χ0n) is 9.99. The minimum absolute atomic E-state index is 0.121. The number of rotatable bonds is 6. The summed E-state index contributed by atoms with van der Waals surface area (Å²) in [6.45, 7) is -0.242. The third-order valence-electron chi connectivity index (χ3n) is 2.21. The van der Waals surface area contributed by atoms with Crippen LogP contribution in [0.3, 0.4) is 0 Å². The van der Waals surface area contributed by atoms with Crippen molar-refractivity contribution in [2.24, 2.45) is 20.0 Å². The van der Waals surface area contributed by atoms with Crippen LogP contribution in [0.2, 0.25) is 0 Å². The number of isocyanates is 4. The third kappa shape index (κ3) is 3.89. The number of aliphatic imine (C=N–C) groups is 4. The number of hydrogen-bond acceptors (Lipinski definition) is 8. The van der Waals surface area contributed by atoms with Gasteiger partial charge in [-0.2, -0.15) is 9.98 Å². The molecule has 1 aromatic rings. The fourth-order valence-electron chi connectivity index (χ4n) is 1.52.